The smallest absolute Gasteiger partial charge is 0.323 e. The van der Waals surface area contributed by atoms with Crippen LogP contribution in [-0.4, -0.2) is 35.0 Å². The van der Waals surface area contributed by atoms with Crippen LogP contribution < -0.4 is 4.74 Å². The standard InChI is InChI=1S/C25H25NO4/c1-18-10-12-21(13-11-18)30-23-9-4-3-8-22(23)25(29)26(17-24(27)28)15-14-20-7-5-6-19(2)16-20/h3-13,16H,14-15,17H2,1-2H3,(H,27,28). The molecule has 0 atom stereocenters. The lowest BCUT2D eigenvalue weighted by atomic mass is 10.1. The molecule has 3 rings (SSSR count). The quantitative estimate of drug-likeness (QED) is 0.583. The van der Waals surface area contributed by atoms with Gasteiger partial charge in [-0.1, -0.05) is 59.7 Å². The first-order valence-corrected chi connectivity index (χ1v) is 9.82. The number of carboxylic acids is 1. The van der Waals surface area contributed by atoms with Gasteiger partial charge in [0, 0.05) is 6.54 Å². The van der Waals surface area contributed by atoms with Gasteiger partial charge in [0.1, 0.15) is 18.0 Å². The molecule has 0 aliphatic rings. The van der Waals surface area contributed by atoms with Crippen LogP contribution in [0.15, 0.2) is 72.8 Å². The van der Waals surface area contributed by atoms with Gasteiger partial charge in [-0.05, 0) is 50.1 Å². The van der Waals surface area contributed by atoms with E-state index in [9.17, 15) is 14.7 Å². The van der Waals surface area contributed by atoms with Crippen molar-refractivity contribution in [3.8, 4) is 11.5 Å². The zero-order valence-corrected chi connectivity index (χ0v) is 17.2. The largest absolute Gasteiger partial charge is 0.480 e. The number of amides is 1. The first-order valence-electron chi connectivity index (χ1n) is 9.82. The maximum atomic E-state index is 13.2. The number of benzene rings is 3. The van der Waals surface area contributed by atoms with Gasteiger partial charge in [0.05, 0.1) is 5.56 Å². The van der Waals surface area contributed by atoms with Gasteiger partial charge in [0.2, 0.25) is 0 Å². The SMILES string of the molecule is Cc1ccc(Oc2ccccc2C(=O)N(CCc2cccc(C)c2)CC(=O)O)cc1. The zero-order chi connectivity index (χ0) is 21.5. The molecule has 3 aromatic carbocycles. The van der Waals surface area contributed by atoms with E-state index in [2.05, 4.69) is 0 Å². The Hall–Kier alpha value is -3.60. The fraction of sp³-hybridized carbons (Fsp3) is 0.200. The Labute approximate surface area is 176 Å². The maximum absolute atomic E-state index is 13.2. The van der Waals surface area contributed by atoms with Crippen molar-refractivity contribution < 1.29 is 19.4 Å². The van der Waals surface area contributed by atoms with Crippen molar-refractivity contribution in [3.05, 3.63) is 95.1 Å². The number of carboxylic acid groups (broad SMARTS) is 1. The second kappa shape index (κ2) is 9.74. The monoisotopic (exact) mass is 403 g/mol. The lowest BCUT2D eigenvalue weighted by Crippen LogP contribution is -2.37. The third-order valence-corrected chi connectivity index (χ3v) is 4.73. The lowest BCUT2D eigenvalue weighted by Gasteiger charge is -2.22. The van der Waals surface area contributed by atoms with E-state index in [-0.39, 0.29) is 12.5 Å². The van der Waals surface area contributed by atoms with Crippen molar-refractivity contribution in [3.63, 3.8) is 0 Å². The number of hydrogen-bond donors (Lipinski definition) is 1. The molecule has 0 bridgehead atoms. The van der Waals surface area contributed by atoms with E-state index in [0.29, 0.717) is 30.0 Å². The van der Waals surface area contributed by atoms with Gasteiger partial charge in [-0.25, -0.2) is 0 Å². The molecule has 0 saturated carbocycles. The Morgan fingerprint density at radius 1 is 0.900 bits per heavy atom. The number of carbonyl (C=O) groups excluding carboxylic acids is 1. The third-order valence-electron chi connectivity index (χ3n) is 4.73. The van der Waals surface area contributed by atoms with Crippen molar-refractivity contribution in [2.75, 3.05) is 13.1 Å². The summed E-state index contributed by atoms with van der Waals surface area (Å²) in [6.45, 7) is 3.92. The third kappa shape index (κ3) is 5.70. The number of nitrogens with zero attached hydrogens (tertiary/aromatic N) is 1. The number of rotatable bonds is 8. The minimum atomic E-state index is -1.05. The van der Waals surface area contributed by atoms with E-state index < -0.39 is 5.97 Å². The molecule has 0 heterocycles. The van der Waals surface area contributed by atoms with Gasteiger partial charge < -0.3 is 14.7 Å². The molecule has 0 fully saturated rings. The maximum Gasteiger partial charge on any atom is 0.323 e. The Balaban J connectivity index is 1.81. The van der Waals surface area contributed by atoms with Crippen LogP contribution in [0.25, 0.3) is 0 Å². The van der Waals surface area contributed by atoms with E-state index >= 15 is 0 Å². The van der Waals surface area contributed by atoms with E-state index in [4.69, 9.17) is 4.74 Å². The van der Waals surface area contributed by atoms with E-state index in [1.54, 1.807) is 24.3 Å². The second-order valence-corrected chi connectivity index (χ2v) is 7.27. The van der Waals surface area contributed by atoms with Gasteiger partial charge >= 0.3 is 5.97 Å². The van der Waals surface area contributed by atoms with E-state index in [0.717, 1.165) is 16.7 Å². The topological polar surface area (TPSA) is 66.8 Å². The second-order valence-electron chi connectivity index (χ2n) is 7.27. The fourth-order valence-electron chi connectivity index (χ4n) is 3.18. The average molecular weight is 403 g/mol. The van der Waals surface area contributed by atoms with Crippen molar-refractivity contribution in [1.29, 1.82) is 0 Å². The van der Waals surface area contributed by atoms with Crippen molar-refractivity contribution in [2.45, 2.75) is 20.3 Å². The molecule has 0 saturated heterocycles. The first kappa shape index (κ1) is 21.1. The predicted molar refractivity (Wildman–Crippen MR) is 116 cm³/mol. The van der Waals surface area contributed by atoms with Gasteiger partial charge in [0.15, 0.2) is 0 Å². The van der Waals surface area contributed by atoms with Crippen molar-refractivity contribution in [2.24, 2.45) is 0 Å². The molecule has 1 amide bonds. The van der Waals surface area contributed by atoms with Crippen molar-refractivity contribution in [1.82, 2.24) is 4.90 Å². The summed E-state index contributed by atoms with van der Waals surface area (Å²) in [7, 11) is 0. The number of ether oxygens (including phenoxy) is 1. The van der Waals surface area contributed by atoms with Crippen LogP contribution in [0.5, 0.6) is 11.5 Å². The highest BCUT2D eigenvalue weighted by atomic mass is 16.5. The molecule has 0 unspecified atom stereocenters. The minimum Gasteiger partial charge on any atom is -0.480 e. The van der Waals surface area contributed by atoms with Crippen LogP contribution in [0, 0.1) is 13.8 Å². The van der Waals surface area contributed by atoms with E-state index in [1.807, 2.05) is 62.4 Å². The number of hydrogen-bond acceptors (Lipinski definition) is 3. The molecule has 1 N–H and O–H groups in total. The molecule has 30 heavy (non-hydrogen) atoms. The van der Waals surface area contributed by atoms with E-state index in [1.165, 1.54) is 4.90 Å². The summed E-state index contributed by atoms with van der Waals surface area (Å²) in [4.78, 5) is 26.0. The first-order chi connectivity index (χ1) is 14.4. The zero-order valence-electron chi connectivity index (χ0n) is 17.2. The summed E-state index contributed by atoms with van der Waals surface area (Å²) in [6, 6.07) is 22.4. The molecule has 0 spiro atoms. The highest BCUT2D eigenvalue weighted by Crippen LogP contribution is 2.26. The van der Waals surface area contributed by atoms with Crippen LogP contribution in [0.4, 0.5) is 0 Å². The summed E-state index contributed by atoms with van der Waals surface area (Å²) in [6.07, 6.45) is 0.571. The van der Waals surface area contributed by atoms with Crippen LogP contribution in [-0.2, 0) is 11.2 Å². The van der Waals surface area contributed by atoms with Gasteiger partial charge in [-0.2, -0.15) is 0 Å². The number of aliphatic carboxylic acids is 1. The van der Waals surface area contributed by atoms with Gasteiger partial charge in [0.25, 0.3) is 5.91 Å². The lowest BCUT2D eigenvalue weighted by molar-refractivity contribution is -0.137. The van der Waals surface area contributed by atoms with Crippen LogP contribution in [0.2, 0.25) is 0 Å². The molecular weight excluding hydrogens is 378 g/mol. The normalized spacial score (nSPS) is 10.5. The van der Waals surface area contributed by atoms with Gasteiger partial charge in [-0.3, -0.25) is 9.59 Å². The Morgan fingerprint density at radius 3 is 2.33 bits per heavy atom. The molecule has 0 aromatic heterocycles. The Bertz CT molecular complexity index is 1030. The Morgan fingerprint density at radius 2 is 1.63 bits per heavy atom. The fourth-order valence-corrected chi connectivity index (χ4v) is 3.18. The summed E-state index contributed by atoms with van der Waals surface area (Å²) in [5, 5.41) is 9.33. The molecule has 154 valence electrons. The predicted octanol–water partition coefficient (Wildman–Crippen LogP) is 4.87. The summed E-state index contributed by atoms with van der Waals surface area (Å²) in [5.74, 6) is -0.403. The number of para-hydroxylation sites is 1. The molecule has 5 heteroatoms. The molecule has 5 nitrogen and oxygen atoms in total. The van der Waals surface area contributed by atoms with Crippen LogP contribution in [0.3, 0.4) is 0 Å². The molecule has 3 aromatic rings. The van der Waals surface area contributed by atoms with Crippen LogP contribution in [0.1, 0.15) is 27.0 Å². The minimum absolute atomic E-state index is 0.299. The average Bonchev–Trinajstić information content (AvgIpc) is 2.72. The van der Waals surface area contributed by atoms with Crippen molar-refractivity contribution >= 4 is 11.9 Å². The highest BCUT2D eigenvalue weighted by molar-refractivity contribution is 5.98. The molecule has 0 aliphatic heterocycles. The van der Waals surface area contributed by atoms with Crippen LogP contribution >= 0.6 is 0 Å². The number of carbonyl (C=O) groups is 2. The summed E-state index contributed by atoms with van der Waals surface area (Å²) in [5.41, 5.74) is 3.63. The van der Waals surface area contributed by atoms with Gasteiger partial charge in [-0.15, -0.1) is 0 Å². The summed E-state index contributed by atoms with van der Waals surface area (Å²) < 4.78 is 5.92. The number of aryl methyl sites for hydroxylation is 2. The highest BCUT2D eigenvalue weighted by Gasteiger charge is 2.22. The Kier molecular flexibility index (Phi) is 6.86. The summed E-state index contributed by atoms with van der Waals surface area (Å²) >= 11 is 0. The molecular formula is C25H25NO4. The molecule has 0 radical (unpaired) electrons. The molecule has 0 aliphatic carbocycles.